The highest BCUT2D eigenvalue weighted by molar-refractivity contribution is 5.89. The van der Waals surface area contributed by atoms with Gasteiger partial charge in [-0.15, -0.1) is 0 Å². The molecule has 19 heavy (non-hydrogen) atoms. The molecule has 0 saturated heterocycles. The third kappa shape index (κ3) is 8.21. The molecule has 4 nitrogen and oxygen atoms in total. The fourth-order valence-electron chi connectivity index (χ4n) is 1.88. The van der Waals surface area contributed by atoms with Gasteiger partial charge in [-0.25, -0.2) is 4.79 Å². The molecule has 0 saturated carbocycles. The number of benzene rings is 1. The molecule has 1 rings (SSSR count). The molecule has 0 aliphatic rings. The summed E-state index contributed by atoms with van der Waals surface area (Å²) in [6.45, 7) is 1.52. The molecule has 4 heteroatoms. The molecule has 0 aromatic heterocycles. The lowest BCUT2D eigenvalue weighted by molar-refractivity contribution is 0.252. The van der Waals surface area contributed by atoms with Crippen LogP contribution in [0.4, 0.5) is 10.5 Å². The Morgan fingerprint density at radius 3 is 2.26 bits per heavy atom. The molecule has 106 valence electrons. The zero-order valence-corrected chi connectivity index (χ0v) is 11.5. The standard InChI is InChI=1S/C15H25N3O/c16-12-8-3-1-2-4-9-13-17-15(19)18-14-10-6-5-7-11-14/h5-7,10-11H,1-4,8-9,12-13,16H2,(H2,17,18,19). The number of rotatable bonds is 9. The highest BCUT2D eigenvalue weighted by Gasteiger charge is 1.99. The van der Waals surface area contributed by atoms with Crippen molar-refractivity contribution in [2.24, 2.45) is 5.73 Å². The number of nitrogens with two attached hydrogens (primary N) is 1. The summed E-state index contributed by atoms with van der Waals surface area (Å²) in [5.74, 6) is 0. The van der Waals surface area contributed by atoms with Crippen LogP contribution >= 0.6 is 0 Å². The predicted octanol–water partition coefficient (Wildman–Crippen LogP) is 3.11. The molecule has 0 bridgehead atoms. The summed E-state index contributed by atoms with van der Waals surface area (Å²) in [5, 5.41) is 5.66. The van der Waals surface area contributed by atoms with E-state index in [9.17, 15) is 4.79 Å². The van der Waals surface area contributed by atoms with Gasteiger partial charge in [0.1, 0.15) is 0 Å². The van der Waals surface area contributed by atoms with Gasteiger partial charge in [0.2, 0.25) is 0 Å². The molecule has 0 spiro atoms. The van der Waals surface area contributed by atoms with Crippen LogP contribution in [0.25, 0.3) is 0 Å². The summed E-state index contributed by atoms with van der Waals surface area (Å²) in [7, 11) is 0. The Morgan fingerprint density at radius 1 is 0.947 bits per heavy atom. The van der Waals surface area contributed by atoms with E-state index in [-0.39, 0.29) is 6.03 Å². The maximum absolute atomic E-state index is 11.6. The van der Waals surface area contributed by atoms with Gasteiger partial charge in [-0.1, -0.05) is 43.9 Å². The molecule has 1 aromatic rings. The number of urea groups is 1. The van der Waals surface area contributed by atoms with Crippen molar-refractivity contribution in [1.29, 1.82) is 0 Å². The van der Waals surface area contributed by atoms with Crippen molar-refractivity contribution < 1.29 is 4.79 Å². The molecular formula is C15H25N3O. The number of amides is 2. The summed E-state index contributed by atoms with van der Waals surface area (Å²) in [6.07, 6.45) is 7.01. The van der Waals surface area contributed by atoms with Crippen LogP contribution in [0, 0.1) is 0 Å². The second-order valence-corrected chi connectivity index (χ2v) is 4.66. The Morgan fingerprint density at radius 2 is 1.58 bits per heavy atom. The summed E-state index contributed by atoms with van der Waals surface area (Å²) in [5.41, 5.74) is 6.25. The highest BCUT2D eigenvalue weighted by atomic mass is 16.2. The maximum atomic E-state index is 11.6. The Balaban J connectivity index is 1.96. The van der Waals surface area contributed by atoms with E-state index < -0.39 is 0 Å². The monoisotopic (exact) mass is 263 g/mol. The SMILES string of the molecule is NCCCCCCCCNC(=O)Nc1ccccc1. The third-order valence-electron chi connectivity index (χ3n) is 2.95. The summed E-state index contributed by atoms with van der Waals surface area (Å²) in [6, 6.07) is 9.34. The van der Waals surface area contributed by atoms with Crippen LogP contribution in [-0.4, -0.2) is 19.1 Å². The molecule has 0 radical (unpaired) electrons. The van der Waals surface area contributed by atoms with Crippen LogP contribution in [0.5, 0.6) is 0 Å². The average molecular weight is 263 g/mol. The first-order valence-corrected chi connectivity index (χ1v) is 7.13. The van der Waals surface area contributed by atoms with Gasteiger partial charge in [-0.2, -0.15) is 0 Å². The van der Waals surface area contributed by atoms with Gasteiger partial charge in [0.15, 0.2) is 0 Å². The largest absolute Gasteiger partial charge is 0.338 e. The Kier molecular flexibility index (Phi) is 8.47. The quantitative estimate of drug-likeness (QED) is 0.599. The summed E-state index contributed by atoms with van der Waals surface area (Å²) >= 11 is 0. The first-order chi connectivity index (χ1) is 9.33. The van der Waals surface area contributed by atoms with E-state index in [4.69, 9.17) is 5.73 Å². The number of unbranched alkanes of at least 4 members (excludes halogenated alkanes) is 5. The summed E-state index contributed by atoms with van der Waals surface area (Å²) < 4.78 is 0. The predicted molar refractivity (Wildman–Crippen MR) is 80.2 cm³/mol. The van der Waals surface area contributed by atoms with Gasteiger partial charge in [-0.05, 0) is 31.5 Å². The number of carbonyl (C=O) groups excluding carboxylic acids is 1. The number of nitrogens with one attached hydrogen (secondary N) is 2. The Hall–Kier alpha value is -1.55. The normalized spacial score (nSPS) is 10.2. The minimum Gasteiger partial charge on any atom is -0.338 e. The minimum atomic E-state index is -0.130. The average Bonchev–Trinajstić information content (AvgIpc) is 2.43. The van der Waals surface area contributed by atoms with Crippen molar-refractivity contribution in [2.75, 3.05) is 18.4 Å². The fraction of sp³-hybridized carbons (Fsp3) is 0.533. The van der Waals surface area contributed by atoms with Gasteiger partial charge in [-0.3, -0.25) is 0 Å². The zero-order chi connectivity index (χ0) is 13.8. The smallest absolute Gasteiger partial charge is 0.319 e. The van der Waals surface area contributed by atoms with E-state index in [1.807, 2.05) is 30.3 Å². The van der Waals surface area contributed by atoms with Crippen molar-refractivity contribution >= 4 is 11.7 Å². The molecule has 4 N–H and O–H groups in total. The van der Waals surface area contributed by atoms with Crippen molar-refractivity contribution in [1.82, 2.24) is 5.32 Å². The number of hydrogen-bond acceptors (Lipinski definition) is 2. The molecule has 1 aromatic carbocycles. The van der Waals surface area contributed by atoms with Gasteiger partial charge < -0.3 is 16.4 Å². The second-order valence-electron chi connectivity index (χ2n) is 4.66. The van der Waals surface area contributed by atoms with Crippen LogP contribution in [0.3, 0.4) is 0 Å². The van der Waals surface area contributed by atoms with E-state index in [1.54, 1.807) is 0 Å². The second kappa shape index (κ2) is 10.4. The lowest BCUT2D eigenvalue weighted by Gasteiger charge is -2.07. The Bertz CT molecular complexity index is 341. The molecule has 0 unspecified atom stereocenters. The molecule has 0 heterocycles. The molecule has 0 atom stereocenters. The van der Waals surface area contributed by atoms with Crippen LogP contribution < -0.4 is 16.4 Å². The van der Waals surface area contributed by atoms with Crippen LogP contribution in [0.1, 0.15) is 38.5 Å². The number of carbonyl (C=O) groups is 1. The molecule has 2 amide bonds. The molecule has 0 aliphatic heterocycles. The van der Waals surface area contributed by atoms with E-state index in [2.05, 4.69) is 10.6 Å². The molecule has 0 fully saturated rings. The lowest BCUT2D eigenvalue weighted by Crippen LogP contribution is -2.29. The minimum absolute atomic E-state index is 0.130. The first-order valence-electron chi connectivity index (χ1n) is 7.13. The summed E-state index contributed by atoms with van der Waals surface area (Å²) in [4.78, 5) is 11.6. The van der Waals surface area contributed by atoms with E-state index in [0.717, 1.165) is 38.0 Å². The van der Waals surface area contributed by atoms with E-state index in [0.29, 0.717) is 0 Å². The van der Waals surface area contributed by atoms with Crippen molar-refractivity contribution in [3.63, 3.8) is 0 Å². The number of hydrogen-bond donors (Lipinski definition) is 3. The van der Waals surface area contributed by atoms with Crippen LogP contribution in [-0.2, 0) is 0 Å². The van der Waals surface area contributed by atoms with Crippen LogP contribution in [0.2, 0.25) is 0 Å². The van der Waals surface area contributed by atoms with Crippen molar-refractivity contribution in [2.45, 2.75) is 38.5 Å². The van der Waals surface area contributed by atoms with Gasteiger partial charge in [0.05, 0.1) is 0 Å². The van der Waals surface area contributed by atoms with E-state index in [1.165, 1.54) is 19.3 Å². The van der Waals surface area contributed by atoms with E-state index >= 15 is 0 Å². The topological polar surface area (TPSA) is 67.1 Å². The highest BCUT2D eigenvalue weighted by Crippen LogP contribution is 2.05. The van der Waals surface area contributed by atoms with Crippen LogP contribution in [0.15, 0.2) is 30.3 Å². The first kappa shape index (κ1) is 15.5. The lowest BCUT2D eigenvalue weighted by atomic mass is 10.1. The molecular weight excluding hydrogens is 238 g/mol. The van der Waals surface area contributed by atoms with Gasteiger partial charge >= 0.3 is 6.03 Å². The van der Waals surface area contributed by atoms with Gasteiger partial charge in [0, 0.05) is 12.2 Å². The molecule has 0 aliphatic carbocycles. The van der Waals surface area contributed by atoms with Gasteiger partial charge in [0.25, 0.3) is 0 Å². The number of anilines is 1. The Labute approximate surface area is 115 Å². The van der Waals surface area contributed by atoms with Crippen molar-refractivity contribution in [3.05, 3.63) is 30.3 Å². The fourth-order valence-corrected chi connectivity index (χ4v) is 1.88. The number of para-hydroxylation sites is 1. The maximum Gasteiger partial charge on any atom is 0.319 e. The zero-order valence-electron chi connectivity index (χ0n) is 11.5. The third-order valence-corrected chi connectivity index (χ3v) is 2.95. The van der Waals surface area contributed by atoms with Crippen molar-refractivity contribution in [3.8, 4) is 0 Å².